The fourth-order valence-corrected chi connectivity index (χ4v) is 6.13. The molecule has 222 valence electrons. The van der Waals surface area contributed by atoms with Crippen molar-refractivity contribution in [3.05, 3.63) is 114 Å². The number of aromatic nitrogens is 2. The van der Waals surface area contributed by atoms with Crippen molar-refractivity contribution in [2.24, 2.45) is 0 Å². The van der Waals surface area contributed by atoms with Crippen molar-refractivity contribution >= 4 is 22.6 Å². The molecule has 0 spiro atoms. The van der Waals surface area contributed by atoms with Crippen LogP contribution in [0, 0.1) is 0 Å². The van der Waals surface area contributed by atoms with Crippen molar-refractivity contribution in [2.45, 2.75) is 63.3 Å². The van der Waals surface area contributed by atoms with Crippen LogP contribution in [0.5, 0.6) is 0 Å². The highest BCUT2D eigenvalue weighted by Crippen LogP contribution is 2.39. The summed E-state index contributed by atoms with van der Waals surface area (Å²) in [6, 6.07) is 23.5. The number of para-hydroxylation sites is 2. The Bertz CT molecular complexity index is 1550. The van der Waals surface area contributed by atoms with Crippen LogP contribution in [0.25, 0.3) is 11.0 Å². The van der Waals surface area contributed by atoms with Crippen LogP contribution < -0.4 is 5.32 Å². The molecule has 6 rings (SSSR count). The fraction of sp³-hybridized carbons (Fsp3) is 0.343. The van der Waals surface area contributed by atoms with Crippen molar-refractivity contribution in [3.8, 4) is 0 Å². The standard InChI is InChI=1S/C35H38N4O4/c1-2-18-39(28-10-3-4-11-28)22-29-20-33(25-16-14-24(23-40)15-17-25)43-35(42-29)26-8-7-9-27(19-26)37-34(41)32-21-36-30-12-5-6-13-31(30)38-32/h2,5-9,12-17,19,21,28-29,33,35,40H,1,3-4,10-11,18,20,22-23H2,(H,37,41)/t29-,33+,35+/m1/s1. The predicted octanol–water partition coefficient (Wildman–Crippen LogP) is 6.35. The molecule has 0 bridgehead atoms. The molecule has 1 saturated heterocycles. The van der Waals surface area contributed by atoms with Crippen LogP contribution in [0.1, 0.15) is 71.7 Å². The van der Waals surface area contributed by atoms with Gasteiger partial charge in [0.15, 0.2) is 6.29 Å². The molecule has 3 aromatic carbocycles. The lowest BCUT2D eigenvalue weighted by Gasteiger charge is -2.39. The molecule has 1 saturated carbocycles. The molecule has 43 heavy (non-hydrogen) atoms. The average molecular weight is 579 g/mol. The number of nitrogens with zero attached hydrogens (tertiary/aromatic N) is 3. The van der Waals surface area contributed by atoms with E-state index in [9.17, 15) is 9.90 Å². The van der Waals surface area contributed by atoms with Gasteiger partial charge in [-0.25, -0.2) is 4.98 Å². The topological polar surface area (TPSA) is 96.8 Å². The Morgan fingerprint density at radius 2 is 1.79 bits per heavy atom. The second-order valence-electron chi connectivity index (χ2n) is 11.4. The first-order valence-electron chi connectivity index (χ1n) is 15.1. The van der Waals surface area contributed by atoms with Crippen LogP contribution in [0.2, 0.25) is 0 Å². The van der Waals surface area contributed by atoms with Crippen molar-refractivity contribution in [2.75, 3.05) is 18.4 Å². The second kappa shape index (κ2) is 13.6. The summed E-state index contributed by atoms with van der Waals surface area (Å²) in [5.41, 5.74) is 5.00. The fourth-order valence-electron chi connectivity index (χ4n) is 6.13. The number of aliphatic hydroxyl groups is 1. The Morgan fingerprint density at radius 1 is 1.00 bits per heavy atom. The minimum Gasteiger partial charge on any atom is -0.392 e. The predicted molar refractivity (Wildman–Crippen MR) is 166 cm³/mol. The minimum absolute atomic E-state index is 0.00136. The number of benzene rings is 3. The maximum Gasteiger partial charge on any atom is 0.275 e. The van der Waals surface area contributed by atoms with Gasteiger partial charge in [-0.2, -0.15) is 0 Å². The van der Waals surface area contributed by atoms with Gasteiger partial charge in [0.1, 0.15) is 5.69 Å². The maximum absolute atomic E-state index is 13.1. The lowest BCUT2D eigenvalue weighted by atomic mass is 9.99. The molecule has 3 atom stereocenters. The number of amides is 1. The number of aliphatic hydroxyl groups excluding tert-OH is 1. The number of carbonyl (C=O) groups is 1. The average Bonchev–Trinajstić information content (AvgIpc) is 3.60. The molecular formula is C35H38N4O4. The first-order valence-corrected chi connectivity index (χ1v) is 15.1. The first kappa shape index (κ1) is 29.1. The zero-order chi connectivity index (χ0) is 29.6. The van der Waals surface area contributed by atoms with E-state index in [0.717, 1.165) is 35.3 Å². The molecule has 2 fully saturated rings. The third-order valence-corrected chi connectivity index (χ3v) is 8.36. The lowest BCUT2D eigenvalue weighted by Crippen LogP contribution is -2.43. The Kier molecular flexibility index (Phi) is 9.19. The number of hydrogen-bond acceptors (Lipinski definition) is 7. The lowest BCUT2D eigenvalue weighted by molar-refractivity contribution is -0.253. The Labute approximate surface area is 252 Å². The summed E-state index contributed by atoms with van der Waals surface area (Å²) >= 11 is 0. The molecule has 2 aliphatic rings. The van der Waals surface area contributed by atoms with E-state index >= 15 is 0 Å². The van der Waals surface area contributed by atoms with Crippen LogP contribution >= 0.6 is 0 Å². The first-order chi connectivity index (χ1) is 21.1. The minimum atomic E-state index is -0.618. The number of fused-ring (bicyclic) bond motifs is 1. The summed E-state index contributed by atoms with van der Waals surface area (Å²) in [6.07, 6.45) is 8.25. The van der Waals surface area contributed by atoms with E-state index in [1.165, 1.54) is 31.9 Å². The highest BCUT2D eigenvalue weighted by Gasteiger charge is 2.34. The van der Waals surface area contributed by atoms with Crippen LogP contribution in [0.3, 0.4) is 0 Å². The van der Waals surface area contributed by atoms with Crippen molar-refractivity contribution < 1.29 is 19.4 Å². The second-order valence-corrected chi connectivity index (χ2v) is 11.4. The highest BCUT2D eigenvalue weighted by atomic mass is 16.7. The molecule has 2 N–H and O–H groups in total. The largest absolute Gasteiger partial charge is 0.392 e. The molecule has 4 aromatic rings. The van der Waals surface area contributed by atoms with E-state index in [1.54, 1.807) is 0 Å². The quantitative estimate of drug-likeness (QED) is 0.212. The molecule has 8 nitrogen and oxygen atoms in total. The van der Waals surface area contributed by atoms with Crippen LogP contribution in [-0.2, 0) is 16.1 Å². The van der Waals surface area contributed by atoms with Gasteiger partial charge in [0, 0.05) is 36.8 Å². The summed E-state index contributed by atoms with van der Waals surface area (Å²) in [4.78, 5) is 24.4. The van der Waals surface area contributed by atoms with Gasteiger partial charge in [-0.15, -0.1) is 6.58 Å². The van der Waals surface area contributed by atoms with Crippen molar-refractivity contribution in [3.63, 3.8) is 0 Å². The Morgan fingerprint density at radius 3 is 2.56 bits per heavy atom. The normalized spacial score (nSPS) is 20.8. The molecule has 1 amide bonds. The van der Waals surface area contributed by atoms with Crippen molar-refractivity contribution in [1.82, 2.24) is 14.9 Å². The zero-order valence-corrected chi connectivity index (χ0v) is 24.3. The summed E-state index contributed by atoms with van der Waals surface area (Å²) in [5.74, 6) is -0.336. The van der Waals surface area contributed by atoms with Gasteiger partial charge in [0.25, 0.3) is 5.91 Å². The van der Waals surface area contributed by atoms with E-state index in [0.29, 0.717) is 23.7 Å². The van der Waals surface area contributed by atoms with Crippen LogP contribution in [0.15, 0.2) is 91.6 Å². The molecular weight excluding hydrogens is 540 g/mol. The van der Waals surface area contributed by atoms with E-state index in [4.69, 9.17) is 9.47 Å². The van der Waals surface area contributed by atoms with Gasteiger partial charge in [-0.1, -0.05) is 67.4 Å². The number of rotatable bonds is 10. The van der Waals surface area contributed by atoms with Gasteiger partial charge in [-0.05, 0) is 48.2 Å². The SMILES string of the molecule is C=CCN(C[C@H]1C[C@@H](c2ccc(CO)cc2)O[C@@H](c2cccc(NC(=O)c3cnc4ccccc4n3)c2)O1)C1CCCC1. The van der Waals surface area contributed by atoms with Gasteiger partial charge >= 0.3 is 0 Å². The molecule has 1 aliphatic carbocycles. The van der Waals surface area contributed by atoms with E-state index in [1.807, 2.05) is 78.9 Å². The van der Waals surface area contributed by atoms with Gasteiger partial charge in [-0.3, -0.25) is 14.7 Å². The van der Waals surface area contributed by atoms with E-state index in [2.05, 4.69) is 26.8 Å². The molecule has 0 radical (unpaired) electrons. The van der Waals surface area contributed by atoms with E-state index < -0.39 is 6.29 Å². The Balaban J connectivity index is 1.22. The van der Waals surface area contributed by atoms with Crippen LogP contribution in [0.4, 0.5) is 5.69 Å². The number of hydrogen-bond donors (Lipinski definition) is 2. The third-order valence-electron chi connectivity index (χ3n) is 8.36. The number of anilines is 1. The molecule has 8 heteroatoms. The molecule has 2 heterocycles. The summed E-state index contributed by atoms with van der Waals surface area (Å²) in [7, 11) is 0. The number of nitrogens with one attached hydrogen (secondary N) is 1. The van der Waals surface area contributed by atoms with Crippen molar-refractivity contribution in [1.29, 1.82) is 0 Å². The van der Waals surface area contributed by atoms with Gasteiger partial charge < -0.3 is 19.9 Å². The molecule has 0 unspecified atom stereocenters. The maximum atomic E-state index is 13.1. The summed E-state index contributed by atoms with van der Waals surface area (Å²) in [6.45, 7) is 5.62. The van der Waals surface area contributed by atoms with Gasteiger partial charge in [0.2, 0.25) is 0 Å². The highest BCUT2D eigenvalue weighted by molar-refractivity contribution is 6.03. The van der Waals surface area contributed by atoms with E-state index in [-0.39, 0.29) is 30.4 Å². The summed E-state index contributed by atoms with van der Waals surface area (Å²) < 4.78 is 13.2. The third kappa shape index (κ3) is 7.00. The number of carbonyl (C=O) groups excluding carboxylic acids is 1. The Hall–Kier alpha value is -3.95. The van der Waals surface area contributed by atoms with Crippen LogP contribution in [-0.4, -0.2) is 51.1 Å². The zero-order valence-electron chi connectivity index (χ0n) is 24.3. The number of ether oxygens (including phenoxy) is 2. The summed E-state index contributed by atoms with van der Waals surface area (Å²) in [5, 5.41) is 12.5. The molecule has 1 aromatic heterocycles. The molecule has 1 aliphatic heterocycles. The smallest absolute Gasteiger partial charge is 0.275 e. The van der Waals surface area contributed by atoms with Gasteiger partial charge in [0.05, 0.1) is 36.0 Å². The monoisotopic (exact) mass is 578 g/mol.